The van der Waals surface area contributed by atoms with Crippen LogP contribution in [-0.2, 0) is 9.53 Å². The third-order valence-electron chi connectivity index (χ3n) is 1.56. The monoisotopic (exact) mass is 153 g/mol. The number of hydrogen-bond donors (Lipinski definition) is 0. The molecule has 1 aliphatic rings. The minimum absolute atomic E-state index is 0.187. The molecule has 0 radical (unpaired) electrons. The third kappa shape index (κ3) is 2.53. The van der Waals surface area contributed by atoms with Crippen LogP contribution in [0.2, 0.25) is 0 Å². The van der Waals surface area contributed by atoms with Gasteiger partial charge in [0.1, 0.15) is 0 Å². The zero-order chi connectivity index (χ0) is 8.10. The first kappa shape index (κ1) is 7.98. The van der Waals surface area contributed by atoms with E-state index in [9.17, 15) is 4.79 Å². The van der Waals surface area contributed by atoms with Gasteiger partial charge in [-0.3, -0.25) is 9.79 Å². The third-order valence-corrected chi connectivity index (χ3v) is 1.56. The van der Waals surface area contributed by atoms with Crippen molar-refractivity contribution in [1.29, 1.82) is 0 Å². The Hall–Kier alpha value is -1.12. The van der Waals surface area contributed by atoms with Gasteiger partial charge in [0.15, 0.2) is 0 Å². The van der Waals surface area contributed by atoms with Crippen molar-refractivity contribution in [1.82, 2.24) is 0 Å². The molecule has 1 heterocycles. The average Bonchev–Trinajstić information content (AvgIpc) is 2.06. The molecule has 1 rings (SSSR count). The fourth-order valence-corrected chi connectivity index (χ4v) is 0.939. The molecular formula is C8H11NO2. The number of carbonyl (C=O) groups excluding carboxylic acids is 1. The maximum atomic E-state index is 10.8. The Labute approximate surface area is 65.8 Å². The zero-order valence-corrected chi connectivity index (χ0v) is 6.54. The van der Waals surface area contributed by atoms with E-state index in [1.54, 1.807) is 6.20 Å². The van der Waals surface area contributed by atoms with Crippen LogP contribution < -0.4 is 0 Å². The summed E-state index contributed by atoms with van der Waals surface area (Å²) in [6.45, 7) is 0. The molecule has 0 aliphatic carbocycles. The lowest BCUT2D eigenvalue weighted by Gasteiger charge is -2.05. The van der Waals surface area contributed by atoms with E-state index >= 15 is 0 Å². The van der Waals surface area contributed by atoms with Crippen LogP contribution in [0.3, 0.4) is 0 Å². The Balaban J connectivity index is 2.42. The molecule has 3 nitrogen and oxygen atoms in total. The Morgan fingerprint density at radius 3 is 3.18 bits per heavy atom. The summed E-state index contributed by atoms with van der Waals surface area (Å²) in [6.07, 6.45) is 5.83. The highest BCUT2D eigenvalue weighted by molar-refractivity contribution is 5.73. The normalized spacial score (nSPS) is 15.9. The summed E-state index contributed by atoms with van der Waals surface area (Å²) >= 11 is 0. The predicted molar refractivity (Wildman–Crippen MR) is 42.4 cm³/mol. The Kier molecular flexibility index (Phi) is 2.83. The summed E-state index contributed by atoms with van der Waals surface area (Å²) in [5, 5.41) is 0. The molecule has 0 amide bonds. The number of hydrogen-bond acceptors (Lipinski definition) is 3. The van der Waals surface area contributed by atoms with Crippen molar-refractivity contribution in [2.75, 3.05) is 7.11 Å². The van der Waals surface area contributed by atoms with Gasteiger partial charge in [-0.2, -0.15) is 0 Å². The molecule has 11 heavy (non-hydrogen) atoms. The van der Waals surface area contributed by atoms with E-state index < -0.39 is 0 Å². The Morgan fingerprint density at radius 1 is 1.82 bits per heavy atom. The number of methoxy groups -OCH3 is 1. The van der Waals surface area contributed by atoms with Gasteiger partial charge in [-0.1, -0.05) is 0 Å². The van der Waals surface area contributed by atoms with Crippen LogP contribution in [0, 0.1) is 0 Å². The highest BCUT2D eigenvalue weighted by Crippen LogP contribution is 2.13. The van der Waals surface area contributed by atoms with E-state index in [0.29, 0.717) is 6.42 Å². The maximum Gasteiger partial charge on any atom is 0.309 e. The van der Waals surface area contributed by atoms with Crippen LogP contribution in [-0.4, -0.2) is 19.3 Å². The van der Waals surface area contributed by atoms with E-state index in [2.05, 4.69) is 9.73 Å². The molecule has 0 N–H and O–H groups in total. The van der Waals surface area contributed by atoms with Crippen molar-refractivity contribution >= 4 is 12.2 Å². The molecule has 0 spiro atoms. The fourth-order valence-electron chi connectivity index (χ4n) is 0.939. The van der Waals surface area contributed by atoms with Crippen molar-refractivity contribution in [3.05, 3.63) is 11.8 Å². The largest absolute Gasteiger partial charge is 0.469 e. The van der Waals surface area contributed by atoms with Crippen LogP contribution in [0.4, 0.5) is 0 Å². The van der Waals surface area contributed by atoms with E-state index in [1.165, 1.54) is 7.11 Å². The van der Waals surface area contributed by atoms with E-state index in [1.807, 2.05) is 6.21 Å². The predicted octanol–water partition coefficient (Wildman–Crippen LogP) is 1.30. The number of aliphatic imine (C=N–C) groups is 1. The zero-order valence-electron chi connectivity index (χ0n) is 6.54. The summed E-state index contributed by atoms with van der Waals surface area (Å²) in [5.41, 5.74) is 1.05. The summed E-state index contributed by atoms with van der Waals surface area (Å²) in [4.78, 5) is 14.7. The van der Waals surface area contributed by atoms with Crippen LogP contribution in [0.5, 0.6) is 0 Å². The number of nitrogens with zero attached hydrogens (tertiary/aromatic N) is 1. The SMILES string of the molecule is COC(=O)CC1=CN=CCC1. The summed E-state index contributed by atoms with van der Waals surface area (Å²) < 4.78 is 4.52. The molecule has 60 valence electrons. The molecule has 0 aromatic carbocycles. The van der Waals surface area contributed by atoms with Gasteiger partial charge in [-0.25, -0.2) is 0 Å². The Bertz CT molecular complexity index is 206. The van der Waals surface area contributed by atoms with Gasteiger partial charge in [0.05, 0.1) is 13.5 Å². The molecule has 3 heteroatoms. The molecule has 0 aromatic rings. The van der Waals surface area contributed by atoms with Gasteiger partial charge in [0.2, 0.25) is 0 Å². The second-order valence-electron chi connectivity index (χ2n) is 2.41. The minimum Gasteiger partial charge on any atom is -0.469 e. The molecule has 0 bridgehead atoms. The van der Waals surface area contributed by atoms with Crippen LogP contribution >= 0.6 is 0 Å². The topological polar surface area (TPSA) is 38.7 Å². The van der Waals surface area contributed by atoms with Crippen LogP contribution in [0.25, 0.3) is 0 Å². The van der Waals surface area contributed by atoms with E-state index in [4.69, 9.17) is 0 Å². The second-order valence-corrected chi connectivity index (χ2v) is 2.41. The first-order valence-electron chi connectivity index (χ1n) is 3.59. The molecule has 0 saturated heterocycles. The number of rotatable bonds is 2. The fraction of sp³-hybridized carbons (Fsp3) is 0.500. The first-order chi connectivity index (χ1) is 5.33. The van der Waals surface area contributed by atoms with E-state index in [0.717, 1.165) is 18.4 Å². The highest BCUT2D eigenvalue weighted by atomic mass is 16.5. The van der Waals surface area contributed by atoms with Gasteiger partial charge < -0.3 is 4.74 Å². The number of carbonyl (C=O) groups is 1. The molecule has 0 fully saturated rings. The van der Waals surface area contributed by atoms with Crippen molar-refractivity contribution in [2.45, 2.75) is 19.3 Å². The molecular weight excluding hydrogens is 142 g/mol. The van der Waals surface area contributed by atoms with Gasteiger partial charge in [-0.05, 0) is 18.4 Å². The lowest BCUT2D eigenvalue weighted by atomic mass is 10.1. The van der Waals surface area contributed by atoms with Gasteiger partial charge >= 0.3 is 5.97 Å². The van der Waals surface area contributed by atoms with Gasteiger partial charge in [0, 0.05) is 12.4 Å². The smallest absolute Gasteiger partial charge is 0.309 e. The lowest BCUT2D eigenvalue weighted by molar-refractivity contribution is -0.139. The number of esters is 1. The second kappa shape index (κ2) is 3.91. The molecule has 0 saturated carbocycles. The van der Waals surface area contributed by atoms with Crippen molar-refractivity contribution in [3.8, 4) is 0 Å². The highest BCUT2D eigenvalue weighted by Gasteiger charge is 2.06. The summed E-state index contributed by atoms with van der Waals surface area (Å²) in [7, 11) is 1.40. The van der Waals surface area contributed by atoms with Crippen molar-refractivity contribution < 1.29 is 9.53 Å². The quantitative estimate of drug-likeness (QED) is 0.561. The average molecular weight is 153 g/mol. The van der Waals surface area contributed by atoms with Crippen molar-refractivity contribution in [2.24, 2.45) is 4.99 Å². The maximum absolute atomic E-state index is 10.8. The Morgan fingerprint density at radius 2 is 2.64 bits per heavy atom. The van der Waals surface area contributed by atoms with Crippen molar-refractivity contribution in [3.63, 3.8) is 0 Å². The lowest BCUT2D eigenvalue weighted by Crippen LogP contribution is -2.03. The minimum atomic E-state index is -0.187. The van der Waals surface area contributed by atoms with E-state index in [-0.39, 0.29) is 5.97 Å². The molecule has 1 aliphatic heterocycles. The first-order valence-corrected chi connectivity index (χ1v) is 3.59. The van der Waals surface area contributed by atoms with Crippen LogP contribution in [0.15, 0.2) is 16.8 Å². The summed E-state index contributed by atoms with van der Waals surface area (Å²) in [5.74, 6) is -0.187. The standard InChI is InChI=1S/C8H11NO2/c1-11-8(10)5-7-3-2-4-9-6-7/h4,6H,2-3,5H2,1H3. The van der Waals surface area contributed by atoms with Gasteiger partial charge in [-0.15, -0.1) is 0 Å². The summed E-state index contributed by atoms with van der Waals surface area (Å²) in [6, 6.07) is 0. The number of ether oxygens (including phenoxy) is 1. The molecule has 0 atom stereocenters. The molecule has 0 aromatic heterocycles. The van der Waals surface area contributed by atoms with Gasteiger partial charge in [0.25, 0.3) is 0 Å². The van der Waals surface area contributed by atoms with Crippen LogP contribution in [0.1, 0.15) is 19.3 Å². The molecule has 0 unspecified atom stereocenters.